The fourth-order valence-electron chi connectivity index (χ4n) is 2.99. The number of hydrogen-bond acceptors (Lipinski definition) is 7. The quantitative estimate of drug-likeness (QED) is 0.178. The van der Waals surface area contributed by atoms with E-state index in [0.717, 1.165) is 4.90 Å². The van der Waals surface area contributed by atoms with Gasteiger partial charge in [-0.1, -0.05) is 11.2 Å². The molecule has 3 N–H and O–H groups in total. The van der Waals surface area contributed by atoms with E-state index >= 15 is 0 Å². The van der Waals surface area contributed by atoms with Crippen molar-refractivity contribution in [2.45, 2.75) is 25.2 Å². The number of thiophene rings is 1. The molecule has 1 unspecified atom stereocenters. The molecular weight excluding hydrogens is 416 g/mol. The summed E-state index contributed by atoms with van der Waals surface area (Å²) in [6, 6.07) is 0.0687. The van der Waals surface area contributed by atoms with Crippen LogP contribution in [0, 0.1) is 0 Å². The largest absolute Gasteiger partial charge is 0.343 e. The molecule has 3 heterocycles. The maximum atomic E-state index is 12.8. The van der Waals surface area contributed by atoms with Gasteiger partial charge in [-0.25, -0.2) is 4.79 Å². The number of likely N-dealkylation sites (N-methyl/N-ethyl adjacent to an activating group) is 1. The van der Waals surface area contributed by atoms with Gasteiger partial charge in [-0.15, -0.1) is 11.3 Å². The molecule has 0 radical (unpaired) electrons. The molecule has 158 valence electrons. The summed E-state index contributed by atoms with van der Waals surface area (Å²) in [5.41, 5.74) is 8.52. The van der Waals surface area contributed by atoms with Crippen LogP contribution in [0.4, 0.5) is 4.79 Å². The van der Waals surface area contributed by atoms with Crippen LogP contribution in [0.3, 0.4) is 0 Å². The predicted molar refractivity (Wildman–Crippen MR) is 103 cm³/mol. The molecule has 0 spiro atoms. The number of carbonyl (C=O) groups is 5. The minimum Gasteiger partial charge on any atom is -0.343 e. The van der Waals surface area contributed by atoms with Gasteiger partial charge in [0.2, 0.25) is 11.8 Å². The minimum atomic E-state index is -1.22. The number of hydrogen-bond donors (Lipinski definition) is 3. The number of nitrogens with one attached hydrogen (secondary N) is 3. The lowest BCUT2D eigenvalue weighted by molar-refractivity contribution is -0.153. The maximum Gasteiger partial charge on any atom is 0.325 e. The summed E-state index contributed by atoms with van der Waals surface area (Å²) in [6.07, 6.45) is -0.938. The number of urea groups is 1. The summed E-state index contributed by atoms with van der Waals surface area (Å²) in [5, 5.41) is 12.3. The second-order valence-corrected chi connectivity index (χ2v) is 7.36. The molecule has 2 saturated heterocycles. The first-order valence-corrected chi connectivity index (χ1v) is 9.85. The molecule has 0 saturated carbocycles. The van der Waals surface area contributed by atoms with Crippen molar-refractivity contribution in [3.8, 4) is 0 Å². The average Bonchev–Trinajstić information content (AvgIpc) is 3.26. The monoisotopic (exact) mass is 434 g/mol. The Morgan fingerprint density at radius 3 is 2.73 bits per heavy atom. The van der Waals surface area contributed by atoms with E-state index < -0.39 is 47.9 Å². The van der Waals surface area contributed by atoms with Gasteiger partial charge in [0.05, 0.1) is 0 Å². The van der Waals surface area contributed by atoms with Crippen molar-refractivity contribution in [1.82, 2.24) is 25.8 Å². The summed E-state index contributed by atoms with van der Waals surface area (Å²) >= 11 is 1.18. The third-order valence-corrected chi connectivity index (χ3v) is 5.59. The van der Waals surface area contributed by atoms with Crippen LogP contribution < -0.4 is 16.0 Å². The smallest absolute Gasteiger partial charge is 0.325 e. The SMILES string of the molecule is CCN1CCN(C(=O)NC(C(=O)N[C@@H]2C(=O)N[C@@H]2N=[N+]=[N-])c2cccs2)C(=O)C1=O. The zero-order valence-corrected chi connectivity index (χ0v) is 16.6. The third-order valence-electron chi connectivity index (χ3n) is 4.66. The van der Waals surface area contributed by atoms with Crippen LogP contribution in [0.2, 0.25) is 0 Å². The number of azide groups is 1. The molecule has 0 aromatic carbocycles. The number of imide groups is 1. The van der Waals surface area contributed by atoms with Gasteiger partial charge in [-0.2, -0.15) is 0 Å². The van der Waals surface area contributed by atoms with Gasteiger partial charge < -0.3 is 20.9 Å². The molecule has 2 aliphatic rings. The van der Waals surface area contributed by atoms with Crippen molar-refractivity contribution in [3.05, 3.63) is 32.8 Å². The normalized spacial score (nSPS) is 21.8. The van der Waals surface area contributed by atoms with Crippen LogP contribution in [0.25, 0.3) is 10.4 Å². The molecule has 6 amide bonds. The standard InChI is InChI=1S/C16H18N8O5S/c1-2-23-5-6-24(15(28)14(23)27)16(29)19-9(8-4-3-7-30-8)12(25)18-10-11(21-22-17)20-13(10)26/h3-4,7,9-11H,2,5-6H2,1H3,(H,18,25)(H,19,29)(H,20,26)/t9?,10-,11+/m0/s1. The van der Waals surface area contributed by atoms with Crippen LogP contribution in [-0.2, 0) is 19.2 Å². The van der Waals surface area contributed by atoms with E-state index in [9.17, 15) is 24.0 Å². The van der Waals surface area contributed by atoms with Crippen LogP contribution >= 0.6 is 11.3 Å². The summed E-state index contributed by atoms with van der Waals surface area (Å²) in [5.74, 6) is -3.03. The third kappa shape index (κ3) is 4.04. The zero-order chi connectivity index (χ0) is 21.8. The van der Waals surface area contributed by atoms with Crippen LogP contribution in [-0.4, -0.2) is 71.3 Å². The van der Waals surface area contributed by atoms with E-state index in [0.29, 0.717) is 11.4 Å². The van der Waals surface area contributed by atoms with Gasteiger partial charge in [0, 0.05) is 29.4 Å². The maximum absolute atomic E-state index is 12.8. The van der Waals surface area contributed by atoms with Gasteiger partial charge >= 0.3 is 17.8 Å². The first-order chi connectivity index (χ1) is 14.4. The lowest BCUT2D eigenvalue weighted by Crippen LogP contribution is -2.69. The Labute approximate surface area is 174 Å². The Morgan fingerprint density at radius 1 is 1.37 bits per heavy atom. The topological polar surface area (TPSA) is 177 Å². The highest BCUT2D eigenvalue weighted by molar-refractivity contribution is 7.10. The number of amides is 6. The Bertz CT molecular complexity index is 928. The second kappa shape index (κ2) is 8.80. The van der Waals surface area contributed by atoms with Crippen LogP contribution in [0.15, 0.2) is 22.6 Å². The molecule has 14 heteroatoms. The highest BCUT2D eigenvalue weighted by Gasteiger charge is 2.42. The van der Waals surface area contributed by atoms with Crippen molar-refractivity contribution >= 4 is 41.0 Å². The molecule has 3 atom stereocenters. The highest BCUT2D eigenvalue weighted by Crippen LogP contribution is 2.21. The van der Waals surface area contributed by atoms with Gasteiger partial charge in [0.25, 0.3) is 0 Å². The summed E-state index contributed by atoms with van der Waals surface area (Å²) < 4.78 is 0. The Morgan fingerprint density at radius 2 is 2.13 bits per heavy atom. The van der Waals surface area contributed by atoms with Crippen molar-refractivity contribution in [3.63, 3.8) is 0 Å². The molecule has 1 aromatic rings. The van der Waals surface area contributed by atoms with Gasteiger partial charge in [0.15, 0.2) is 0 Å². The Balaban J connectivity index is 1.73. The second-order valence-electron chi connectivity index (χ2n) is 6.38. The van der Waals surface area contributed by atoms with Crippen molar-refractivity contribution in [2.75, 3.05) is 19.6 Å². The summed E-state index contributed by atoms with van der Waals surface area (Å²) in [7, 11) is 0. The Hall–Kier alpha value is -3.64. The predicted octanol–water partition coefficient (Wildman–Crippen LogP) is -0.559. The van der Waals surface area contributed by atoms with E-state index in [1.54, 1.807) is 24.4 Å². The zero-order valence-electron chi connectivity index (χ0n) is 15.8. The van der Waals surface area contributed by atoms with Crippen molar-refractivity contribution in [1.29, 1.82) is 0 Å². The highest BCUT2D eigenvalue weighted by atomic mass is 32.1. The van der Waals surface area contributed by atoms with E-state index in [-0.39, 0.29) is 13.1 Å². The number of carbonyl (C=O) groups excluding carboxylic acids is 5. The number of rotatable bonds is 6. The molecule has 0 aliphatic carbocycles. The first kappa shape index (κ1) is 21.1. The number of piperazine rings is 1. The fourth-order valence-corrected chi connectivity index (χ4v) is 3.76. The summed E-state index contributed by atoms with van der Waals surface area (Å²) in [6.45, 7) is 2.25. The van der Waals surface area contributed by atoms with Crippen molar-refractivity contribution < 1.29 is 24.0 Å². The molecule has 2 fully saturated rings. The first-order valence-electron chi connectivity index (χ1n) is 8.97. The minimum absolute atomic E-state index is 0.00693. The van der Waals surface area contributed by atoms with E-state index in [1.807, 2.05) is 0 Å². The molecule has 1 aromatic heterocycles. The molecule has 0 bridgehead atoms. The van der Waals surface area contributed by atoms with Crippen LogP contribution in [0.1, 0.15) is 17.8 Å². The fraction of sp³-hybridized carbons (Fsp3) is 0.438. The van der Waals surface area contributed by atoms with Crippen molar-refractivity contribution in [2.24, 2.45) is 5.11 Å². The molecule has 13 nitrogen and oxygen atoms in total. The average molecular weight is 434 g/mol. The van der Waals surface area contributed by atoms with Crippen LogP contribution in [0.5, 0.6) is 0 Å². The molecular formula is C16H18N8O5S. The number of nitrogens with zero attached hydrogens (tertiary/aromatic N) is 5. The number of β-lactam (4-membered cyclic amide) rings is 1. The molecule has 2 aliphatic heterocycles. The lowest BCUT2D eigenvalue weighted by Gasteiger charge is -2.35. The van der Waals surface area contributed by atoms with Gasteiger partial charge in [-0.05, 0) is 23.9 Å². The van der Waals surface area contributed by atoms with E-state index in [1.165, 1.54) is 16.2 Å². The van der Waals surface area contributed by atoms with E-state index in [4.69, 9.17) is 5.53 Å². The molecule has 30 heavy (non-hydrogen) atoms. The van der Waals surface area contributed by atoms with Gasteiger partial charge in [-0.3, -0.25) is 24.1 Å². The molecule has 3 rings (SSSR count). The van der Waals surface area contributed by atoms with Gasteiger partial charge in [0.1, 0.15) is 18.2 Å². The Kier molecular flexibility index (Phi) is 6.18. The van der Waals surface area contributed by atoms with E-state index in [2.05, 4.69) is 26.0 Å². The summed E-state index contributed by atoms with van der Waals surface area (Å²) in [4.78, 5) is 66.5. The lowest BCUT2D eigenvalue weighted by atomic mass is 10.1.